The van der Waals surface area contributed by atoms with Gasteiger partial charge in [0.05, 0.1) is 11.1 Å². The lowest BCUT2D eigenvalue weighted by molar-refractivity contribution is 0.628. The van der Waals surface area contributed by atoms with Gasteiger partial charge in [-0.3, -0.25) is 0 Å². The Morgan fingerprint density at radius 1 is 0.875 bits per heavy atom. The Morgan fingerprint density at radius 3 is 2.54 bits per heavy atom. The zero-order chi connectivity index (χ0) is 16.4. The molecule has 0 saturated carbocycles. The van der Waals surface area contributed by atoms with Gasteiger partial charge in [0.1, 0.15) is 18.0 Å². The van der Waals surface area contributed by atoms with Crippen LogP contribution in [-0.2, 0) is 0 Å². The first kappa shape index (κ1) is 14.2. The van der Waals surface area contributed by atoms with Crippen LogP contribution in [-0.4, -0.2) is 19.9 Å². The van der Waals surface area contributed by atoms with E-state index in [4.69, 9.17) is 0 Å². The van der Waals surface area contributed by atoms with E-state index in [9.17, 15) is 4.39 Å². The lowest BCUT2D eigenvalue weighted by atomic mass is 10.2. The van der Waals surface area contributed by atoms with Gasteiger partial charge in [-0.15, -0.1) is 0 Å². The largest absolute Gasteiger partial charge is 0.340 e. The van der Waals surface area contributed by atoms with E-state index in [-0.39, 0.29) is 5.82 Å². The number of anilines is 2. The molecular formula is C18H12FN5. The molecule has 4 aromatic rings. The summed E-state index contributed by atoms with van der Waals surface area (Å²) >= 11 is 0. The van der Waals surface area contributed by atoms with Crippen LogP contribution in [0, 0.1) is 5.82 Å². The van der Waals surface area contributed by atoms with Crippen molar-refractivity contribution in [3.8, 4) is 11.4 Å². The number of hydrogen-bond acceptors (Lipinski definition) is 5. The topological polar surface area (TPSA) is 63.6 Å². The predicted molar refractivity (Wildman–Crippen MR) is 90.2 cm³/mol. The van der Waals surface area contributed by atoms with Crippen molar-refractivity contribution in [2.45, 2.75) is 0 Å². The van der Waals surface area contributed by atoms with Gasteiger partial charge < -0.3 is 5.32 Å². The van der Waals surface area contributed by atoms with E-state index < -0.39 is 0 Å². The van der Waals surface area contributed by atoms with Crippen molar-refractivity contribution >= 4 is 22.4 Å². The fourth-order valence-corrected chi connectivity index (χ4v) is 2.42. The molecule has 5 nitrogen and oxygen atoms in total. The fourth-order valence-electron chi connectivity index (χ4n) is 2.42. The number of aromatic nitrogens is 4. The number of benzene rings is 2. The average molecular weight is 317 g/mol. The van der Waals surface area contributed by atoms with Gasteiger partial charge in [-0.2, -0.15) is 0 Å². The second-order valence-electron chi connectivity index (χ2n) is 5.18. The third-order valence-corrected chi connectivity index (χ3v) is 3.51. The SMILES string of the molecule is Fc1cccc(Nc2nc(-c3cncnc3)nc3ccccc23)c1. The predicted octanol–water partition coefficient (Wildman–Crippen LogP) is 3.97. The minimum Gasteiger partial charge on any atom is -0.340 e. The highest BCUT2D eigenvalue weighted by Gasteiger charge is 2.10. The summed E-state index contributed by atoms with van der Waals surface area (Å²) in [5, 5.41) is 4.02. The maximum atomic E-state index is 13.4. The molecule has 2 aromatic heterocycles. The van der Waals surface area contributed by atoms with Crippen molar-refractivity contribution in [1.29, 1.82) is 0 Å². The molecule has 2 heterocycles. The Balaban J connectivity index is 1.86. The molecule has 0 unspecified atom stereocenters. The van der Waals surface area contributed by atoms with E-state index in [1.807, 2.05) is 24.3 Å². The van der Waals surface area contributed by atoms with Crippen molar-refractivity contribution in [1.82, 2.24) is 19.9 Å². The first-order valence-electron chi connectivity index (χ1n) is 7.34. The normalized spacial score (nSPS) is 10.7. The molecular weight excluding hydrogens is 305 g/mol. The third-order valence-electron chi connectivity index (χ3n) is 3.51. The summed E-state index contributed by atoms with van der Waals surface area (Å²) in [7, 11) is 0. The summed E-state index contributed by atoms with van der Waals surface area (Å²) in [5.74, 6) is 0.799. The van der Waals surface area contributed by atoms with Gasteiger partial charge in [-0.05, 0) is 30.3 Å². The van der Waals surface area contributed by atoms with Crippen molar-refractivity contribution in [3.63, 3.8) is 0 Å². The van der Waals surface area contributed by atoms with Gasteiger partial charge in [-0.25, -0.2) is 24.3 Å². The number of para-hydroxylation sites is 1. The number of rotatable bonds is 3. The molecule has 0 bridgehead atoms. The standard InChI is InChI=1S/C18H12FN5/c19-13-4-3-5-14(8-13)22-18-15-6-1-2-7-16(15)23-17(24-18)12-9-20-11-21-10-12/h1-11H,(H,22,23,24). The van der Waals surface area contributed by atoms with Crippen LogP contribution in [0.15, 0.2) is 67.3 Å². The quantitative estimate of drug-likeness (QED) is 0.619. The molecule has 0 amide bonds. The molecule has 0 spiro atoms. The van der Waals surface area contributed by atoms with E-state index in [2.05, 4.69) is 25.3 Å². The Bertz CT molecular complexity index is 1000. The van der Waals surface area contributed by atoms with Crippen LogP contribution in [0.4, 0.5) is 15.9 Å². The zero-order valence-electron chi connectivity index (χ0n) is 12.5. The highest BCUT2D eigenvalue weighted by molar-refractivity contribution is 5.92. The third kappa shape index (κ3) is 2.77. The molecule has 0 aliphatic heterocycles. The van der Waals surface area contributed by atoms with E-state index in [1.165, 1.54) is 18.5 Å². The molecule has 0 radical (unpaired) electrons. The second-order valence-corrected chi connectivity index (χ2v) is 5.18. The number of halogens is 1. The van der Waals surface area contributed by atoms with Gasteiger partial charge in [0.25, 0.3) is 0 Å². The maximum Gasteiger partial charge on any atom is 0.165 e. The minimum absolute atomic E-state index is 0.310. The number of hydrogen-bond donors (Lipinski definition) is 1. The van der Waals surface area contributed by atoms with Crippen molar-refractivity contribution in [2.75, 3.05) is 5.32 Å². The molecule has 0 fully saturated rings. The Kier molecular flexibility index (Phi) is 3.55. The minimum atomic E-state index is -0.310. The second kappa shape index (κ2) is 6.00. The van der Waals surface area contributed by atoms with Gasteiger partial charge in [0.2, 0.25) is 0 Å². The number of fused-ring (bicyclic) bond motifs is 1. The lowest BCUT2D eigenvalue weighted by Crippen LogP contribution is -2.00. The molecule has 1 N–H and O–H groups in total. The fraction of sp³-hybridized carbons (Fsp3) is 0. The molecule has 0 aliphatic carbocycles. The van der Waals surface area contributed by atoms with Crippen LogP contribution in [0.3, 0.4) is 0 Å². The number of nitrogens with zero attached hydrogens (tertiary/aromatic N) is 4. The summed E-state index contributed by atoms with van der Waals surface area (Å²) in [6.07, 6.45) is 4.77. The van der Waals surface area contributed by atoms with E-state index in [0.717, 1.165) is 10.9 Å². The average Bonchev–Trinajstić information content (AvgIpc) is 2.62. The van der Waals surface area contributed by atoms with Gasteiger partial charge in [0.15, 0.2) is 5.82 Å². The smallest absolute Gasteiger partial charge is 0.165 e. The van der Waals surface area contributed by atoms with Crippen LogP contribution in [0.5, 0.6) is 0 Å². The Hall–Kier alpha value is -3.41. The first-order valence-corrected chi connectivity index (χ1v) is 7.34. The molecule has 2 aromatic carbocycles. The molecule has 0 saturated heterocycles. The molecule has 0 atom stereocenters. The summed E-state index contributed by atoms with van der Waals surface area (Å²) in [6, 6.07) is 13.9. The zero-order valence-corrected chi connectivity index (χ0v) is 12.5. The van der Waals surface area contributed by atoms with Crippen molar-refractivity contribution in [3.05, 3.63) is 73.1 Å². The molecule has 24 heavy (non-hydrogen) atoms. The van der Waals surface area contributed by atoms with Crippen LogP contribution >= 0.6 is 0 Å². The molecule has 0 aliphatic rings. The van der Waals surface area contributed by atoms with E-state index >= 15 is 0 Å². The summed E-state index contributed by atoms with van der Waals surface area (Å²) in [6.45, 7) is 0. The molecule has 116 valence electrons. The Labute approximate surface area is 137 Å². The van der Waals surface area contributed by atoms with Gasteiger partial charge in [0, 0.05) is 23.5 Å². The van der Waals surface area contributed by atoms with E-state index in [1.54, 1.807) is 24.5 Å². The monoisotopic (exact) mass is 317 g/mol. The summed E-state index contributed by atoms with van der Waals surface area (Å²) in [4.78, 5) is 17.1. The van der Waals surface area contributed by atoms with Crippen LogP contribution < -0.4 is 5.32 Å². The Morgan fingerprint density at radius 2 is 1.71 bits per heavy atom. The van der Waals surface area contributed by atoms with Crippen LogP contribution in [0.2, 0.25) is 0 Å². The van der Waals surface area contributed by atoms with Crippen molar-refractivity contribution in [2.24, 2.45) is 0 Å². The molecule has 4 rings (SSSR count). The summed E-state index contributed by atoms with van der Waals surface area (Å²) in [5.41, 5.74) is 2.12. The highest BCUT2D eigenvalue weighted by atomic mass is 19.1. The molecule has 6 heteroatoms. The maximum absolute atomic E-state index is 13.4. The van der Waals surface area contributed by atoms with Crippen LogP contribution in [0.25, 0.3) is 22.3 Å². The van der Waals surface area contributed by atoms with Crippen molar-refractivity contribution < 1.29 is 4.39 Å². The number of nitrogens with one attached hydrogen (secondary N) is 1. The van der Waals surface area contributed by atoms with Crippen LogP contribution in [0.1, 0.15) is 0 Å². The first-order chi connectivity index (χ1) is 11.8. The van der Waals surface area contributed by atoms with Gasteiger partial charge >= 0.3 is 0 Å². The highest BCUT2D eigenvalue weighted by Crippen LogP contribution is 2.26. The summed E-state index contributed by atoms with van der Waals surface area (Å²) < 4.78 is 13.4. The lowest BCUT2D eigenvalue weighted by Gasteiger charge is -2.11. The van der Waals surface area contributed by atoms with E-state index in [0.29, 0.717) is 22.9 Å². The van der Waals surface area contributed by atoms with Gasteiger partial charge in [-0.1, -0.05) is 18.2 Å².